The first kappa shape index (κ1) is 10.6. The van der Waals surface area contributed by atoms with E-state index in [2.05, 4.69) is 0 Å². The summed E-state index contributed by atoms with van der Waals surface area (Å²) in [5.41, 5.74) is 0. The number of hydrogen-bond acceptors (Lipinski definition) is 3. The normalized spacial score (nSPS) is 51.8. The van der Waals surface area contributed by atoms with Crippen LogP contribution in [0.4, 0.5) is 0 Å². The summed E-state index contributed by atoms with van der Waals surface area (Å²) in [5, 5.41) is 10.4. The van der Waals surface area contributed by atoms with Gasteiger partial charge in [-0.1, -0.05) is 30.4 Å². The molecule has 19 heavy (non-hydrogen) atoms. The minimum atomic E-state index is -3.49. The van der Waals surface area contributed by atoms with Crippen LogP contribution in [0.3, 0.4) is 0 Å². The number of aliphatic hydroxyl groups excluding tert-OH is 1. The Kier molecular flexibility index (Phi) is 1.57. The maximum absolute atomic E-state index is 13.1. The van der Waals surface area contributed by atoms with E-state index in [1.807, 2.05) is 12.1 Å². The number of aliphatic hydroxyl groups is 1. The fourth-order valence-corrected chi connectivity index (χ4v) is 7.64. The Morgan fingerprint density at radius 3 is 2.37 bits per heavy atom. The van der Waals surface area contributed by atoms with Crippen LogP contribution in [0.1, 0.15) is 0 Å². The van der Waals surface area contributed by atoms with E-state index in [9.17, 15) is 13.5 Å². The Balaban J connectivity index is 1.74. The van der Waals surface area contributed by atoms with Crippen molar-refractivity contribution in [3.05, 3.63) is 42.5 Å². The third kappa shape index (κ3) is 0.886. The largest absolute Gasteiger partial charge is 0.387 e. The highest BCUT2D eigenvalue weighted by Crippen LogP contribution is 2.89. The lowest BCUT2D eigenvalue weighted by atomic mass is 9.96. The molecule has 3 nitrogen and oxygen atoms in total. The molecule has 4 saturated carbocycles. The molecule has 0 aromatic heterocycles. The van der Waals surface area contributed by atoms with Crippen molar-refractivity contribution in [1.29, 1.82) is 0 Å². The lowest BCUT2D eigenvalue weighted by molar-refractivity contribution is 0.162. The van der Waals surface area contributed by atoms with Gasteiger partial charge in [-0.3, -0.25) is 0 Å². The van der Waals surface area contributed by atoms with Crippen LogP contribution < -0.4 is 0 Å². The van der Waals surface area contributed by atoms with Gasteiger partial charge in [0.05, 0.1) is 11.0 Å². The van der Waals surface area contributed by atoms with Gasteiger partial charge in [0.15, 0.2) is 9.84 Å². The predicted molar refractivity (Wildman–Crippen MR) is 69.0 cm³/mol. The first-order valence-corrected chi connectivity index (χ1v) is 8.26. The van der Waals surface area contributed by atoms with Gasteiger partial charge in [0.2, 0.25) is 0 Å². The number of sulfone groups is 1. The molecule has 98 valence electrons. The van der Waals surface area contributed by atoms with Gasteiger partial charge in [-0.05, 0) is 35.8 Å². The van der Waals surface area contributed by atoms with Crippen molar-refractivity contribution < 1.29 is 13.5 Å². The van der Waals surface area contributed by atoms with Gasteiger partial charge in [0.25, 0.3) is 0 Å². The third-order valence-electron chi connectivity index (χ3n) is 5.82. The standard InChI is InChI=1S/C15H14O3S/c16-10-7-6-9-11-12-13(11)14(12)15(9,10)19(17,18)8-4-2-1-3-5-8/h1-7,9-14,16H. The number of hydrogen-bond donors (Lipinski definition) is 1. The van der Waals surface area contributed by atoms with Crippen LogP contribution in [0.25, 0.3) is 0 Å². The highest BCUT2D eigenvalue weighted by Gasteiger charge is 2.93. The number of benzene rings is 1. The predicted octanol–water partition coefficient (Wildman–Crippen LogP) is 1.25. The van der Waals surface area contributed by atoms with E-state index in [-0.39, 0.29) is 11.8 Å². The Morgan fingerprint density at radius 2 is 1.68 bits per heavy atom. The fraction of sp³-hybridized carbons (Fsp3) is 0.467. The van der Waals surface area contributed by atoms with E-state index in [0.717, 1.165) is 0 Å². The molecule has 4 heteroatoms. The van der Waals surface area contributed by atoms with E-state index < -0.39 is 20.7 Å². The minimum Gasteiger partial charge on any atom is -0.387 e. The topological polar surface area (TPSA) is 54.4 Å². The van der Waals surface area contributed by atoms with Gasteiger partial charge in [0, 0.05) is 5.92 Å². The quantitative estimate of drug-likeness (QED) is 0.826. The van der Waals surface area contributed by atoms with Crippen LogP contribution in [0.2, 0.25) is 0 Å². The van der Waals surface area contributed by atoms with Crippen LogP contribution in [-0.2, 0) is 9.84 Å². The molecule has 0 saturated heterocycles. The fourth-order valence-electron chi connectivity index (χ4n) is 5.05. The smallest absolute Gasteiger partial charge is 0.187 e. The molecule has 0 spiro atoms. The number of rotatable bonds is 2. The summed E-state index contributed by atoms with van der Waals surface area (Å²) >= 11 is 0. The lowest BCUT2D eigenvalue weighted by Crippen LogP contribution is -2.49. The van der Waals surface area contributed by atoms with Crippen LogP contribution in [0.15, 0.2) is 47.4 Å². The average molecular weight is 274 g/mol. The maximum Gasteiger partial charge on any atom is 0.187 e. The second-order valence-corrected chi connectivity index (χ2v) is 8.47. The molecule has 0 radical (unpaired) electrons. The summed E-state index contributed by atoms with van der Waals surface area (Å²) in [7, 11) is -3.49. The summed E-state index contributed by atoms with van der Waals surface area (Å²) in [6.07, 6.45) is 2.81. The molecule has 5 atom stereocenters. The molecular formula is C15H14O3S. The van der Waals surface area contributed by atoms with E-state index in [1.54, 1.807) is 30.3 Å². The van der Waals surface area contributed by atoms with Crippen LogP contribution in [0, 0.1) is 29.6 Å². The monoisotopic (exact) mass is 274 g/mol. The summed E-state index contributed by atoms with van der Waals surface area (Å²) in [6.45, 7) is 0. The third-order valence-corrected chi connectivity index (χ3v) is 8.43. The molecule has 1 aromatic carbocycles. The zero-order chi connectivity index (χ0) is 13.0. The second-order valence-electron chi connectivity index (χ2n) is 6.28. The van der Waals surface area contributed by atoms with Crippen molar-refractivity contribution in [2.24, 2.45) is 29.6 Å². The number of allylic oxidation sites excluding steroid dienone is 1. The van der Waals surface area contributed by atoms with Crippen LogP contribution in [0.5, 0.6) is 0 Å². The van der Waals surface area contributed by atoms with Crippen molar-refractivity contribution in [2.75, 3.05) is 0 Å². The van der Waals surface area contributed by atoms with Gasteiger partial charge in [-0.2, -0.15) is 0 Å². The van der Waals surface area contributed by atoms with Crippen molar-refractivity contribution in [3.63, 3.8) is 0 Å². The van der Waals surface area contributed by atoms with Crippen molar-refractivity contribution in [1.82, 2.24) is 0 Å². The molecule has 5 unspecified atom stereocenters. The first-order valence-electron chi connectivity index (χ1n) is 6.78. The van der Waals surface area contributed by atoms with Crippen LogP contribution >= 0.6 is 0 Å². The van der Waals surface area contributed by atoms with Gasteiger partial charge in [0.1, 0.15) is 4.75 Å². The molecule has 1 N–H and O–H groups in total. The van der Waals surface area contributed by atoms with E-state index in [4.69, 9.17) is 0 Å². The summed E-state index contributed by atoms with van der Waals surface area (Å²) < 4.78 is 25.2. The molecule has 0 amide bonds. The SMILES string of the molecule is O=S(=O)(c1ccccc1)C12C(O)C=CC1C1C3C1C32. The van der Waals surface area contributed by atoms with Gasteiger partial charge in [-0.15, -0.1) is 0 Å². The molecule has 4 fully saturated rings. The average Bonchev–Trinajstić information content (AvgIpc) is 3.20. The molecule has 2 bridgehead atoms. The molecule has 1 aromatic rings. The Labute approximate surface area is 111 Å². The maximum atomic E-state index is 13.1. The van der Waals surface area contributed by atoms with E-state index >= 15 is 0 Å². The minimum absolute atomic E-state index is 0.0349. The zero-order valence-corrected chi connectivity index (χ0v) is 11.0. The van der Waals surface area contributed by atoms with E-state index in [0.29, 0.717) is 22.6 Å². The van der Waals surface area contributed by atoms with Gasteiger partial charge < -0.3 is 5.11 Å². The summed E-state index contributed by atoms with van der Waals surface area (Å²) in [5.74, 6) is 1.90. The Bertz CT molecular complexity index is 698. The zero-order valence-electron chi connectivity index (χ0n) is 10.2. The summed E-state index contributed by atoms with van der Waals surface area (Å²) in [6, 6.07) is 8.62. The Morgan fingerprint density at radius 1 is 1.00 bits per heavy atom. The van der Waals surface area contributed by atoms with Crippen molar-refractivity contribution >= 4 is 9.84 Å². The Hall–Kier alpha value is -1.13. The first-order chi connectivity index (χ1) is 9.12. The highest BCUT2D eigenvalue weighted by molar-refractivity contribution is 7.93. The molecular weight excluding hydrogens is 260 g/mol. The summed E-state index contributed by atoms with van der Waals surface area (Å²) in [4.78, 5) is 0.356. The van der Waals surface area contributed by atoms with Gasteiger partial charge in [-0.25, -0.2) is 8.42 Å². The lowest BCUT2D eigenvalue weighted by Gasteiger charge is -2.32. The van der Waals surface area contributed by atoms with Crippen molar-refractivity contribution in [2.45, 2.75) is 15.7 Å². The molecule has 6 rings (SSSR count). The second kappa shape index (κ2) is 2.81. The molecule has 0 aliphatic heterocycles. The molecule has 5 aliphatic rings. The molecule has 0 heterocycles. The van der Waals surface area contributed by atoms with E-state index in [1.165, 1.54) is 0 Å². The van der Waals surface area contributed by atoms with Crippen LogP contribution in [-0.4, -0.2) is 24.4 Å². The van der Waals surface area contributed by atoms with Gasteiger partial charge >= 0.3 is 0 Å². The van der Waals surface area contributed by atoms with Crippen molar-refractivity contribution in [3.8, 4) is 0 Å². The highest BCUT2D eigenvalue weighted by atomic mass is 32.2. The molecule has 5 aliphatic carbocycles.